The fourth-order valence-electron chi connectivity index (χ4n) is 0.771. The molecule has 108 valence electrons. The minimum Gasteiger partial charge on any atom is -0.746 e. The van der Waals surface area contributed by atoms with E-state index in [-0.39, 0.29) is 0 Å². The average Bonchev–Trinajstić information content (AvgIpc) is 2.08. The monoisotopic (exact) mass is 280 g/mol. The van der Waals surface area contributed by atoms with E-state index in [0.29, 0.717) is 0 Å². The summed E-state index contributed by atoms with van der Waals surface area (Å²) in [6, 6.07) is 0. The molecule has 0 aliphatic rings. The van der Waals surface area contributed by atoms with Gasteiger partial charge in [-0.15, -0.1) is 0 Å². The molecular formula is C11H24N2O4S. The van der Waals surface area contributed by atoms with E-state index in [9.17, 15) is 17.8 Å². The molecule has 0 aliphatic carbocycles. The van der Waals surface area contributed by atoms with Crippen LogP contribution in [-0.2, 0) is 14.9 Å². The topological polar surface area (TPSA) is 86.3 Å². The van der Waals surface area contributed by atoms with Gasteiger partial charge >= 0.3 is 0 Å². The molecule has 6 nitrogen and oxygen atoms in total. The van der Waals surface area contributed by atoms with Crippen LogP contribution in [0.25, 0.3) is 0 Å². The molecule has 0 radical (unpaired) electrons. The molecule has 0 aromatic heterocycles. The predicted octanol–water partition coefficient (Wildman–Crippen LogP) is 0.138. The van der Waals surface area contributed by atoms with Crippen molar-refractivity contribution in [1.82, 2.24) is 5.32 Å². The number of nitrogens with zero attached hydrogens (tertiary/aromatic N) is 1. The zero-order valence-corrected chi connectivity index (χ0v) is 12.7. The van der Waals surface area contributed by atoms with Crippen LogP contribution in [0.2, 0.25) is 0 Å². The van der Waals surface area contributed by atoms with E-state index in [1.165, 1.54) is 13.8 Å². The van der Waals surface area contributed by atoms with Gasteiger partial charge in [-0.2, -0.15) is 0 Å². The standard InChI is InChI=1S/C7H13NO4S.C4H12N/c1-4-6(9)8-7(5(2)3)13(10,11)12;1-5(2,3)4/h4-5,7H,1H2,2-3H3,(H,8,9)(H,10,11,12);1-4H3/q;+1/p-1. The molecule has 0 saturated heterocycles. The molecule has 1 amide bonds. The van der Waals surface area contributed by atoms with E-state index in [2.05, 4.69) is 34.8 Å². The Bertz CT molecular complexity index is 363. The Morgan fingerprint density at radius 3 is 1.78 bits per heavy atom. The third-order valence-corrected chi connectivity index (χ3v) is 2.67. The van der Waals surface area contributed by atoms with Gasteiger partial charge in [0.25, 0.3) is 0 Å². The molecule has 0 heterocycles. The Balaban J connectivity index is 0. The van der Waals surface area contributed by atoms with Crippen molar-refractivity contribution in [2.45, 2.75) is 19.2 Å². The van der Waals surface area contributed by atoms with Crippen LogP contribution in [0.4, 0.5) is 0 Å². The van der Waals surface area contributed by atoms with Crippen molar-refractivity contribution in [2.75, 3.05) is 28.2 Å². The van der Waals surface area contributed by atoms with Gasteiger partial charge in [0, 0.05) is 0 Å². The van der Waals surface area contributed by atoms with Crippen molar-refractivity contribution in [1.29, 1.82) is 0 Å². The summed E-state index contributed by atoms with van der Waals surface area (Å²) in [4.78, 5) is 10.7. The summed E-state index contributed by atoms with van der Waals surface area (Å²) in [6.07, 6.45) is 0.917. The van der Waals surface area contributed by atoms with Crippen LogP contribution in [0.15, 0.2) is 12.7 Å². The zero-order chi connectivity index (χ0) is 15.1. The highest BCUT2D eigenvalue weighted by Gasteiger charge is 2.21. The van der Waals surface area contributed by atoms with E-state index in [1.54, 1.807) is 0 Å². The molecule has 1 atom stereocenters. The molecule has 18 heavy (non-hydrogen) atoms. The Morgan fingerprint density at radius 1 is 1.28 bits per heavy atom. The van der Waals surface area contributed by atoms with Crippen molar-refractivity contribution in [3.63, 3.8) is 0 Å². The quantitative estimate of drug-likeness (QED) is 0.451. The molecule has 1 unspecified atom stereocenters. The van der Waals surface area contributed by atoms with Crippen molar-refractivity contribution in [3.8, 4) is 0 Å². The lowest BCUT2D eigenvalue weighted by atomic mass is 10.2. The number of carbonyl (C=O) groups is 1. The van der Waals surface area contributed by atoms with Crippen molar-refractivity contribution >= 4 is 16.0 Å². The van der Waals surface area contributed by atoms with Gasteiger partial charge in [0.05, 0.1) is 28.2 Å². The minimum absolute atomic E-state index is 0.466. The van der Waals surface area contributed by atoms with Crippen molar-refractivity contribution < 1.29 is 22.2 Å². The number of amides is 1. The van der Waals surface area contributed by atoms with Crippen LogP contribution in [0.3, 0.4) is 0 Å². The molecule has 7 heteroatoms. The fourth-order valence-corrected chi connectivity index (χ4v) is 1.70. The zero-order valence-electron chi connectivity index (χ0n) is 11.9. The largest absolute Gasteiger partial charge is 0.746 e. The average molecular weight is 280 g/mol. The number of hydrogen-bond acceptors (Lipinski definition) is 4. The third kappa shape index (κ3) is 13.1. The predicted molar refractivity (Wildman–Crippen MR) is 70.6 cm³/mol. The molecule has 0 fully saturated rings. The van der Waals surface area contributed by atoms with Crippen LogP contribution >= 0.6 is 0 Å². The number of rotatable bonds is 4. The van der Waals surface area contributed by atoms with Gasteiger partial charge in [-0.05, 0) is 12.0 Å². The number of nitrogens with one attached hydrogen (secondary N) is 1. The second-order valence-electron chi connectivity index (χ2n) is 5.55. The Labute approximate surface area is 110 Å². The van der Waals surface area contributed by atoms with Crippen molar-refractivity contribution in [3.05, 3.63) is 12.7 Å². The maximum Gasteiger partial charge on any atom is 0.244 e. The summed E-state index contributed by atoms with van der Waals surface area (Å²) in [5, 5.41) is 0.658. The molecule has 0 bridgehead atoms. The van der Waals surface area contributed by atoms with Crippen LogP contribution in [-0.4, -0.2) is 56.9 Å². The SMILES string of the molecule is C=CC(=O)NC(C(C)C)S(=O)(=O)[O-].C[N+](C)(C)C. The smallest absolute Gasteiger partial charge is 0.244 e. The molecule has 0 aliphatic heterocycles. The molecule has 0 spiro atoms. The lowest BCUT2D eigenvalue weighted by molar-refractivity contribution is -0.849. The first-order chi connectivity index (χ1) is 7.79. The second-order valence-corrected chi connectivity index (χ2v) is 7.05. The number of hydrogen-bond donors (Lipinski definition) is 1. The van der Waals surface area contributed by atoms with Gasteiger partial charge in [0.15, 0.2) is 0 Å². The summed E-state index contributed by atoms with van der Waals surface area (Å²) in [5.41, 5.74) is 0. The van der Waals surface area contributed by atoms with Crippen LogP contribution in [0, 0.1) is 5.92 Å². The van der Waals surface area contributed by atoms with Gasteiger partial charge in [0.2, 0.25) is 5.91 Å². The third-order valence-electron chi connectivity index (χ3n) is 1.39. The van der Waals surface area contributed by atoms with Gasteiger partial charge in [-0.25, -0.2) is 8.42 Å². The van der Waals surface area contributed by atoms with E-state index in [4.69, 9.17) is 0 Å². The normalized spacial score (nSPS) is 13.3. The summed E-state index contributed by atoms with van der Waals surface area (Å²) >= 11 is 0. The summed E-state index contributed by atoms with van der Waals surface area (Å²) in [6.45, 7) is 6.21. The van der Waals surface area contributed by atoms with Crippen LogP contribution < -0.4 is 5.32 Å². The maximum atomic E-state index is 10.7. The highest BCUT2D eigenvalue weighted by atomic mass is 32.2. The highest BCUT2D eigenvalue weighted by Crippen LogP contribution is 2.07. The van der Waals surface area contributed by atoms with E-state index in [1.807, 2.05) is 5.32 Å². The molecule has 0 rings (SSSR count). The first kappa shape index (κ1) is 19.4. The molecule has 0 aromatic carbocycles. The summed E-state index contributed by atoms with van der Waals surface area (Å²) in [7, 11) is 4.00. The summed E-state index contributed by atoms with van der Waals surface area (Å²) in [5.74, 6) is -1.13. The van der Waals surface area contributed by atoms with Gasteiger partial charge in [0.1, 0.15) is 15.5 Å². The minimum atomic E-state index is -4.50. The number of quaternary nitrogens is 1. The highest BCUT2D eigenvalue weighted by molar-refractivity contribution is 7.86. The van der Waals surface area contributed by atoms with Gasteiger partial charge in [-0.3, -0.25) is 4.79 Å². The first-order valence-electron chi connectivity index (χ1n) is 5.45. The van der Waals surface area contributed by atoms with Gasteiger partial charge in [-0.1, -0.05) is 20.4 Å². The Kier molecular flexibility index (Phi) is 8.09. The van der Waals surface area contributed by atoms with Crippen LogP contribution in [0.1, 0.15) is 13.8 Å². The van der Waals surface area contributed by atoms with Crippen molar-refractivity contribution in [2.24, 2.45) is 5.92 Å². The van der Waals surface area contributed by atoms with Gasteiger partial charge < -0.3 is 14.4 Å². The van der Waals surface area contributed by atoms with E-state index < -0.39 is 27.3 Å². The first-order valence-corrected chi connectivity index (χ1v) is 6.92. The molecule has 0 saturated carbocycles. The molecule has 1 N–H and O–H groups in total. The van der Waals surface area contributed by atoms with E-state index in [0.717, 1.165) is 10.6 Å². The van der Waals surface area contributed by atoms with E-state index >= 15 is 0 Å². The Morgan fingerprint density at radius 2 is 1.61 bits per heavy atom. The molecular weight excluding hydrogens is 256 g/mol. The Hall–Kier alpha value is -0.920. The second kappa shape index (κ2) is 7.50. The lowest BCUT2D eigenvalue weighted by Crippen LogP contribution is -2.43. The molecule has 0 aromatic rings. The number of carbonyl (C=O) groups excluding carboxylic acids is 1. The lowest BCUT2D eigenvalue weighted by Gasteiger charge is -2.24. The maximum absolute atomic E-state index is 10.7. The fraction of sp³-hybridized carbons (Fsp3) is 0.727. The van der Waals surface area contributed by atoms with Crippen LogP contribution in [0.5, 0.6) is 0 Å². The summed E-state index contributed by atoms with van der Waals surface area (Å²) < 4.78 is 32.9.